The Morgan fingerprint density at radius 3 is 2.48 bits per heavy atom. The summed E-state index contributed by atoms with van der Waals surface area (Å²) in [5, 5.41) is 4.84. The summed E-state index contributed by atoms with van der Waals surface area (Å²) in [7, 11) is 0. The highest BCUT2D eigenvalue weighted by Crippen LogP contribution is 2.37. The number of amides is 2. The second kappa shape index (κ2) is 8.65. The molecule has 2 aliphatic rings. The van der Waals surface area contributed by atoms with Gasteiger partial charge in [-0.15, -0.1) is 0 Å². The molecule has 0 aliphatic carbocycles. The molecule has 5 nitrogen and oxygen atoms in total. The van der Waals surface area contributed by atoms with Crippen LogP contribution in [0.4, 0.5) is 9.18 Å². The third-order valence-corrected chi connectivity index (χ3v) is 7.45. The van der Waals surface area contributed by atoms with E-state index in [1.165, 1.54) is 23.1 Å². The van der Waals surface area contributed by atoms with E-state index < -0.39 is 0 Å². The first kappa shape index (κ1) is 22.2. The molecular weight excluding hydrogens is 439 g/mol. The Morgan fingerprint density at radius 1 is 1.09 bits per heavy atom. The average Bonchev–Trinajstić information content (AvgIpc) is 3.29. The van der Waals surface area contributed by atoms with Crippen molar-refractivity contribution in [3.05, 3.63) is 65.1 Å². The predicted octanol–water partition coefficient (Wildman–Crippen LogP) is 5.41. The zero-order valence-corrected chi connectivity index (χ0v) is 19.9. The number of likely N-dealkylation sites (tertiary alicyclic amines) is 1. The van der Waals surface area contributed by atoms with E-state index in [2.05, 4.69) is 34.8 Å². The summed E-state index contributed by atoms with van der Waals surface area (Å²) in [5.41, 5.74) is 3.21. The molecule has 174 valence electrons. The standard InChI is InChI=1S/C26H30ClFN4O/c1-26(2)17-29-25(33)32(26)14-13-30-11-9-18(10-12-30)23-16-31(21-6-4-20(28)5-7-21)24-8-3-19(27)15-22(23)24/h3-8,15-16,18H,9-14,17H2,1-2H3,(H,29,33). The number of nitrogens with zero attached hydrogens (tertiary/aromatic N) is 3. The Balaban J connectivity index is 1.32. The van der Waals surface area contributed by atoms with Crippen molar-refractivity contribution < 1.29 is 9.18 Å². The summed E-state index contributed by atoms with van der Waals surface area (Å²) in [6, 6.07) is 12.7. The molecule has 0 bridgehead atoms. The molecule has 33 heavy (non-hydrogen) atoms. The topological polar surface area (TPSA) is 40.5 Å². The van der Waals surface area contributed by atoms with Crippen LogP contribution in [0.5, 0.6) is 0 Å². The summed E-state index contributed by atoms with van der Waals surface area (Å²) in [4.78, 5) is 16.6. The number of nitrogens with one attached hydrogen (secondary N) is 1. The van der Waals surface area contributed by atoms with Crippen molar-refractivity contribution in [2.75, 3.05) is 32.7 Å². The molecule has 3 heterocycles. The Hall–Kier alpha value is -2.57. The lowest BCUT2D eigenvalue weighted by Gasteiger charge is -2.35. The molecule has 0 atom stereocenters. The number of carbonyl (C=O) groups excluding carboxylic acids is 1. The van der Waals surface area contributed by atoms with Crippen LogP contribution < -0.4 is 5.32 Å². The predicted molar refractivity (Wildman–Crippen MR) is 131 cm³/mol. The molecule has 2 aliphatic heterocycles. The Kier molecular flexibility index (Phi) is 5.83. The van der Waals surface area contributed by atoms with Gasteiger partial charge in [0.15, 0.2) is 0 Å². The fraction of sp³-hybridized carbons (Fsp3) is 0.423. The van der Waals surface area contributed by atoms with Gasteiger partial charge in [0.1, 0.15) is 5.82 Å². The number of rotatable bonds is 5. The van der Waals surface area contributed by atoms with Gasteiger partial charge in [0.05, 0.1) is 11.1 Å². The monoisotopic (exact) mass is 468 g/mol. The highest BCUT2D eigenvalue weighted by Gasteiger charge is 2.37. The number of hydrogen-bond acceptors (Lipinski definition) is 2. The Labute approximate surface area is 199 Å². The lowest BCUT2D eigenvalue weighted by atomic mass is 9.89. The quantitative estimate of drug-likeness (QED) is 0.544. The van der Waals surface area contributed by atoms with E-state index in [9.17, 15) is 9.18 Å². The largest absolute Gasteiger partial charge is 0.336 e. The van der Waals surface area contributed by atoms with Gasteiger partial charge in [0.2, 0.25) is 0 Å². The lowest BCUT2D eigenvalue weighted by Crippen LogP contribution is -2.47. The first-order valence-corrected chi connectivity index (χ1v) is 12.0. The SMILES string of the molecule is CC1(C)CNC(=O)N1CCN1CCC(c2cn(-c3ccc(F)cc3)c3ccc(Cl)cc23)CC1. The minimum Gasteiger partial charge on any atom is -0.336 e. The molecule has 5 rings (SSSR count). The minimum absolute atomic E-state index is 0.0420. The van der Waals surface area contributed by atoms with Gasteiger partial charge in [-0.25, -0.2) is 9.18 Å². The lowest BCUT2D eigenvalue weighted by molar-refractivity contribution is 0.144. The molecule has 0 saturated carbocycles. The summed E-state index contributed by atoms with van der Waals surface area (Å²) >= 11 is 6.36. The summed E-state index contributed by atoms with van der Waals surface area (Å²) in [5.74, 6) is 0.205. The Bertz CT molecular complexity index is 1160. The van der Waals surface area contributed by atoms with Gasteiger partial charge in [0.25, 0.3) is 0 Å². The third-order valence-electron chi connectivity index (χ3n) is 7.22. The van der Waals surface area contributed by atoms with Gasteiger partial charge in [0, 0.05) is 41.9 Å². The summed E-state index contributed by atoms with van der Waals surface area (Å²) in [6.07, 6.45) is 4.32. The number of urea groups is 1. The van der Waals surface area contributed by atoms with Gasteiger partial charge in [-0.1, -0.05) is 11.6 Å². The zero-order chi connectivity index (χ0) is 23.2. The fourth-order valence-corrected chi connectivity index (χ4v) is 5.41. The van der Waals surface area contributed by atoms with Crippen LogP contribution in [-0.4, -0.2) is 58.7 Å². The van der Waals surface area contributed by atoms with E-state index in [-0.39, 0.29) is 17.4 Å². The van der Waals surface area contributed by atoms with E-state index >= 15 is 0 Å². The van der Waals surface area contributed by atoms with Crippen molar-refractivity contribution in [1.29, 1.82) is 0 Å². The van der Waals surface area contributed by atoms with E-state index in [0.717, 1.165) is 55.2 Å². The number of piperidine rings is 1. The van der Waals surface area contributed by atoms with Gasteiger partial charge in [-0.3, -0.25) is 0 Å². The van der Waals surface area contributed by atoms with Gasteiger partial charge < -0.3 is 19.7 Å². The van der Waals surface area contributed by atoms with E-state index in [1.807, 2.05) is 35.2 Å². The molecule has 0 spiro atoms. The van der Waals surface area contributed by atoms with Gasteiger partial charge in [-0.2, -0.15) is 0 Å². The fourth-order valence-electron chi connectivity index (χ4n) is 5.24. The molecular formula is C26H30ClFN4O. The second-order valence-electron chi connectivity index (χ2n) is 9.83. The third kappa shape index (κ3) is 4.34. The number of aromatic nitrogens is 1. The van der Waals surface area contributed by atoms with Crippen molar-refractivity contribution >= 4 is 28.5 Å². The summed E-state index contributed by atoms with van der Waals surface area (Å²) in [6.45, 7) is 8.58. The van der Waals surface area contributed by atoms with E-state index in [0.29, 0.717) is 12.5 Å². The van der Waals surface area contributed by atoms with Crippen molar-refractivity contribution in [3.63, 3.8) is 0 Å². The van der Waals surface area contributed by atoms with E-state index in [4.69, 9.17) is 11.6 Å². The smallest absolute Gasteiger partial charge is 0.318 e. The van der Waals surface area contributed by atoms with Crippen LogP contribution in [0.1, 0.15) is 38.2 Å². The van der Waals surface area contributed by atoms with Crippen LogP contribution in [0.2, 0.25) is 5.02 Å². The first-order chi connectivity index (χ1) is 15.8. The first-order valence-electron chi connectivity index (χ1n) is 11.7. The number of benzene rings is 2. The number of halogens is 2. The van der Waals surface area contributed by atoms with Crippen molar-refractivity contribution in [2.24, 2.45) is 0 Å². The normalized spacial score (nSPS) is 19.4. The molecule has 1 aromatic heterocycles. The van der Waals surface area contributed by atoms with Crippen molar-refractivity contribution in [2.45, 2.75) is 38.1 Å². The molecule has 3 aromatic rings. The average molecular weight is 469 g/mol. The molecule has 0 unspecified atom stereocenters. The van der Waals surface area contributed by atoms with Crippen LogP contribution in [0, 0.1) is 5.82 Å². The Morgan fingerprint density at radius 2 is 1.82 bits per heavy atom. The highest BCUT2D eigenvalue weighted by atomic mass is 35.5. The van der Waals surface area contributed by atoms with Crippen LogP contribution in [0.25, 0.3) is 16.6 Å². The zero-order valence-electron chi connectivity index (χ0n) is 19.2. The van der Waals surface area contributed by atoms with Crippen LogP contribution in [0.3, 0.4) is 0 Å². The van der Waals surface area contributed by atoms with Crippen molar-refractivity contribution in [3.8, 4) is 5.69 Å². The minimum atomic E-state index is -0.236. The van der Waals surface area contributed by atoms with Crippen LogP contribution in [-0.2, 0) is 0 Å². The maximum atomic E-state index is 13.5. The summed E-state index contributed by atoms with van der Waals surface area (Å²) < 4.78 is 15.6. The number of carbonyl (C=O) groups is 1. The van der Waals surface area contributed by atoms with Crippen LogP contribution >= 0.6 is 11.6 Å². The molecule has 2 fully saturated rings. The number of fused-ring (bicyclic) bond motifs is 1. The maximum Gasteiger partial charge on any atom is 0.318 e. The van der Waals surface area contributed by atoms with Gasteiger partial charge >= 0.3 is 6.03 Å². The highest BCUT2D eigenvalue weighted by molar-refractivity contribution is 6.31. The molecule has 7 heteroatoms. The van der Waals surface area contributed by atoms with Crippen LogP contribution in [0.15, 0.2) is 48.7 Å². The molecule has 0 radical (unpaired) electrons. The number of hydrogen-bond donors (Lipinski definition) is 1. The van der Waals surface area contributed by atoms with Gasteiger partial charge in [-0.05, 0) is 93.7 Å². The maximum absolute atomic E-state index is 13.5. The second-order valence-corrected chi connectivity index (χ2v) is 10.3. The molecule has 2 aromatic carbocycles. The molecule has 2 saturated heterocycles. The van der Waals surface area contributed by atoms with E-state index in [1.54, 1.807) is 0 Å². The van der Waals surface area contributed by atoms with Crippen molar-refractivity contribution in [1.82, 2.24) is 19.7 Å². The molecule has 1 N–H and O–H groups in total. The molecule has 2 amide bonds.